The maximum Gasteiger partial charge on any atom is 0.242 e. The molecule has 1 saturated heterocycles. The van der Waals surface area contributed by atoms with Crippen LogP contribution in [0, 0.1) is 18.7 Å². The lowest BCUT2D eigenvalue weighted by Crippen LogP contribution is -2.33. The van der Waals surface area contributed by atoms with Crippen LogP contribution in [0.4, 0.5) is 4.39 Å². The normalized spacial score (nSPS) is 19.6. The molecule has 1 aromatic carbocycles. The van der Waals surface area contributed by atoms with Gasteiger partial charge in [-0.1, -0.05) is 6.07 Å². The van der Waals surface area contributed by atoms with Crippen LogP contribution in [-0.2, 0) is 14.8 Å². The second-order valence-corrected chi connectivity index (χ2v) is 8.19. The van der Waals surface area contributed by atoms with E-state index >= 15 is 0 Å². The monoisotopic (exact) mass is 344 g/mol. The highest BCUT2D eigenvalue weighted by molar-refractivity contribution is 7.89. The third-order valence-corrected chi connectivity index (χ3v) is 6.17. The number of sulfonamides is 1. The highest BCUT2D eigenvalue weighted by Crippen LogP contribution is 2.22. The lowest BCUT2D eigenvalue weighted by molar-refractivity contribution is 0.158. The average molecular weight is 344 g/mol. The second-order valence-electron chi connectivity index (χ2n) is 6.14. The van der Waals surface area contributed by atoms with Crippen molar-refractivity contribution >= 4 is 10.0 Å². The van der Waals surface area contributed by atoms with E-state index in [0.717, 1.165) is 32.1 Å². The van der Waals surface area contributed by atoms with Gasteiger partial charge in [-0.05, 0) is 43.5 Å². The van der Waals surface area contributed by atoms with Gasteiger partial charge in [-0.3, -0.25) is 0 Å². The van der Waals surface area contributed by atoms with Crippen molar-refractivity contribution in [2.45, 2.75) is 18.2 Å². The molecule has 0 amide bonds. The van der Waals surface area contributed by atoms with E-state index in [-0.39, 0.29) is 4.90 Å². The number of hydrogen-bond acceptors (Lipinski definition) is 4. The minimum absolute atomic E-state index is 0.0114. The maximum absolute atomic E-state index is 13.6. The number of halogens is 1. The molecular formula is C16H25FN2O3S. The Kier molecular flexibility index (Phi) is 6.13. The average Bonchev–Trinajstić information content (AvgIpc) is 2.95. The molecule has 1 aromatic rings. The summed E-state index contributed by atoms with van der Waals surface area (Å²) in [7, 11) is -0.414. The number of methoxy groups -OCH3 is 1. The molecule has 1 heterocycles. The Morgan fingerprint density at radius 1 is 1.43 bits per heavy atom. The summed E-state index contributed by atoms with van der Waals surface area (Å²) in [6.07, 6.45) is 0.964. The van der Waals surface area contributed by atoms with Gasteiger partial charge in [0, 0.05) is 33.8 Å². The number of rotatable bonds is 7. The molecular weight excluding hydrogens is 319 g/mol. The van der Waals surface area contributed by atoms with Crippen molar-refractivity contribution in [3.05, 3.63) is 29.6 Å². The Labute approximate surface area is 138 Å². The van der Waals surface area contributed by atoms with Crippen LogP contribution in [0.5, 0.6) is 0 Å². The van der Waals surface area contributed by atoms with Gasteiger partial charge in [-0.15, -0.1) is 0 Å². The van der Waals surface area contributed by atoms with Gasteiger partial charge in [0.1, 0.15) is 5.82 Å². The SMILES string of the molecule is COCCN1CCC(CN(C)S(=O)(=O)c2ccc(C)c(F)c2)C1. The molecule has 0 aromatic heterocycles. The first-order valence-corrected chi connectivity index (χ1v) is 9.22. The Morgan fingerprint density at radius 2 is 2.17 bits per heavy atom. The third kappa shape index (κ3) is 4.50. The lowest BCUT2D eigenvalue weighted by Gasteiger charge is -2.21. The smallest absolute Gasteiger partial charge is 0.242 e. The van der Waals surface area contributed by atoms with Crippen LogP contribution < -0.4 is 0 Å². The van der Waals surface area contributed by atoms with Crippen LogP contribution in [-0.4, -0.2) is 64.6 Å². The third-order valence-electron chi connectivity index (χ3n) is 4.35. The topological polar surface area (TPSA) is 49.9 Å². The van der Waals surface area contributed by atoms with Crippen LogP contribution >= 0.6 is 0 Å². The Hall–Kier alpha value is -1.02. The summed E-state index contributed by atoms with van der Waals surface area (Å²) in [4.78, 5) is 2.29. The molecule has 1 unspecified atom stereocenters. The van der Waals surface area contributed by atoms with E-state index in [9.17, 15) is 12.8 Å². The van der Waals surface area contributed by atoms with Gasteiger partial charge < -0.3 is 9.64 Å². The molecule has 1 aliphatic rings. The predicted octanol–water partition coefficient (Wildman–Crippen LogP) is 1.72. The van der Waals surface area contributed by atoms with Gasteiger partial charge in [0.15, 0.2) is 0 Å². The first-order valence-electron chi connectivity index (χ1n) is 7.78. The summed E-state index contributed by atoms with van der Waals surface area (Å²) in [6.45, 7) is 5.44. The van der Waals surface area contributed by atoms with Crippen LogP contribution in [0.15, 0.2) is 23.1 Å². The molecule has 0 N–H and O–H groups in total. The Bertz CT molecular complexity index is 636. The van der Waals surface area contributed by atoms with Crippen molar-refractivity contribution in [3.63, 3.8) is 0 Å². The van der Waals surface area contributed by atoms with Crippen molar-refractivity contribution in [1.82, 2.24) is 9.21 Å². The number of hydrogen-bond donors (Lipinski definition) is 0. The van der Waals surface area contributed by atoms with Crippen molar-refractivity contribution < 1.29 is 17.5 Å². The first kappa shape index (κ1) is 18.3. The van der Waals surface area contributed by atoms with E-state index in [2.05, 4.69) is 4.90 Å². The highest BCUT2D eigenvalue weighted by Gasteiger charge is 2.28. The zero-order valence-electron chi connectivity index (χ0n) is 14.0. The van der Waals surface area contributed by atoms with Crippen LogP contribution in [0.25, 0.3) is 0 Å². The largest absolute Gasteiger partial charge is 0.383 e. The molecule has 1 atom stereocenters. The molecule has 0 bridgehead atoms. The van der Waals surface area contributed by atoms with Crippen molar-refractivity contribution in [1.29, 1.82) is 0 Å². The molecule has 0 radical (unpaired) electrons. The van der Waals surface area contributed by atoms with E-state index < -0.39 is 15.8 Å². The van der Waals surface area contributed by atoms with Crippen molar-refractivity contribution in [2.24, 2.45) is 5.92 Å². The molecule has 0 aliphatic carbocycles. The molecule has 5 nitrogen and oxygen atoms in total. The zero-order valence-corrected chi connectivity index (χ0v) is 14.8. The fraction of sp³-hybridized carbons (Fsp3) is 0.625. The second kappa shape index (κ2) is 7.70. The standard InChI is InChI=1S/C16H25FN2O3S/c1-13-4-5-15(10-16(13)17)23(20,21)18(2)11-14-6-7-19(12-14)8-9-22-3/h4-5,10,14H,6-9,11-12H2,1-3H3. The summed E-state index contributed by atoms with van der Waals surface area (Å²) < 4.78 is 45.2. The number of likely N-dealkylation sites (tertiary alicyclic amines) is 1. The van der Waals surface area contributed by atoms with E-state index in [1.54, 1.807) is 21.1 Å². The van der Waals surface area contributed by atoms with Gasteiger partial charge in [0.05, 0.1) is 11.5 Å². The van der Waals surface area contributed by atoms with Gasteiger partial charge in [-0.25, -0.2) is 17.1 Å². The summed E-state index contributed by atoms with van der Waals surface area (Å²) in [5.41, 5.74) is 0.441. The van der Waals surface area contributed by atoms with Gasteiger partial charge >= 0.3 is 0 Å². The number of aryl methyl sites for hydroxylation is 1. The summed E-state index contributed by atoms with van der Waals surface area (Å²) >= 11 is 0. The van der Waals surface area contributed by atoms with Gasteiger partial charge in [0.2, 0.25) is 10.0 Å². The molecule has 0 spiro atoms. The van der Waals surface area contributed by atoms with E-state index in [1.165, 1.54) is 16.4 Å². The molecule has 23 heavy (non-hydrogen) atoms. The minimum Gasteiger partial charge on any atom is -0.383 e. The van der Waals surface area contributed by atoms with Crippen LogP contribution in [0.1, 0.15) is 12.0 Å². The Morgan fingerprint density at radius 3 is 2.83 bits per heavy atom. The molecule has 1 aliphatic heterocycles. The molecule has 0 saturated carbocycles. The minimum atomic E-state index is -3.65. The molecule has 130 valence electrons. The van der Waals surface area contributed by atoms with Gasteiger partial charge in [-0.2, -0.15) is 0 Å². The molecule has 1 fully saturated rings. The lowest BCUT2D eigenvalue weighted by atomic mass is 10.1. The maximum atomic E-state index is 13.6. The predicted molar refractivity (Wildman–Crippen MR) is 87.4 cm³/mol. The summed E-state index contributed by atoms with van der Waals surface area (Å²) in [5.74, 6) is -0.201. The summed E-state index contributed by atoms with van der Waals surface area (Å²) in [6, 6.07) is 4.06. The zero-order chi connectivity index (χ0) is 17.0. The first-order chi connectivity index (χ1) is 10.8. The molecule has 2 rings (SSSR count). The van der Waals surface area contributed by atoms with Crippen LogP contribution in [0.2, 0.25) is 0 Å². The van der Waals surface area contributed by atoms with Gasteiger partial charge in [0.25, 0.3) is 0 Å². The number of ether oxygens (including phenoxy) is 1. The fourth-order valence-corrected chi connectivity index (χ4v) is 4.12. The number of nitrogens with zero attached hydrogens (tertiary/aromatic N) is 2. The fourth-order valence-electron chi connectivity index (χ4n) is 2.86. The van der Waals surface area contributed by atoms with E-state index in [0.29, 0.717) is 24.6 Å². The van der Waals surface area contributed by atoms with E-state index in [4.69, 9.17) is 4.74 Å². The quantitative estimate of drug-likeness (QED) is 0.756. The molecule has 7 heteroatoms. The summed E-state index contributed by atoms with van der Waals surface area (Å²) in [5, 5.41) is 0. The van der Waals surface area contributed by atoms with Crippen molar-refractivity contribution in [3.8, 4) is 0 Å². The van der Waals surface area contributed by atoms with Crippen molar-refractivity contribution in [2.75, 3.05) is 46.9 Å². The Balaban J connectivity index is 1.99. The van der Waals surface area contributed by atoms with E-state index in [1.807, 2.05) is 0 Å². The highest BCUT2D eigenvalue weighted by atomic mass is 32.2. The van der Waals surface area contributed by atoms with Crippen LogP contribution in [0.3, 0.4) is 0 Å². The number of benzene rings is 1.